The minimum Gasteiger partial charge on any atom is -0.309 e. The highest BCUT2D eigenvalue weighted by Crippen LogP contribution is 2.47. The van der Waals surface area contributed by atoms with Crippen molar-refractivity contribution in [3.63, 3.8) is 0 Å². The lowest BCUT2D eigenvalue weighted by Gasteiger charge is -2.20. The van der Waals surface area contributed by atoms with E-state index < -0.39 is 0 Å². The molecular weight excluding hydrogens is 1190 g/mol. The van der Waals surface area contributed by atoms with Gasteiger partial charge in [-0.1, -0.05) is 158 Å². The highest BCUT2D eigenvalue weighted by molar-refractivity contribution is 6.15. The van der Waals surface area contributed by atoms with Gasteiger partial charge in [0.2, 0.25) is 0 Å². The molecule has 13 heteroatoms. The van der Waals surface area contributed by atoms with Crippen LogP contribution in [0.2, 0.25) is 0 Å². The summed E-state index contributed by atoms with van der Waals surface area (Å²) in [4.78, 5) is 30.6. The SMILES string of the molecule is [C-]#[N+]c1ccc(-c2ccc3c(c2)c2cc(-c4ccc([N+]#[C-])cc4[N+]#[C-])ccc2n3-c2cc(-c3nc(-c4ccccc4)nc(-c4ccccc4)n3)ccc2-c2ccc(C)cc2-n2c3ccc(-c4ccc(C#N)cc4C#N)cc3c3cc(-c4ccc(C#N)cc4C#N)ccc32)c([N+]#[C-])c1. The maximum absolute atomic E-state index is 10.5. The molecule has 13 nitrogen and oxygen atoms in total. The van der Waals surface area contributed by atoms with Crippen molar-refractivity contribution in [3.8, 4) is 125 Å². The second-order valence-electron chi connectivity index (χ2n) is 23.2. The summed E-state index contributed by atoms with van der Waals surface area (Å²) >= 11 is 0. The molecule has 0 fully saturated rings. The highest BCUT2D eigenvalue weighted by atomic mass is 15.0. The number of rotatable bonds is 10. The molecule has 0 N–H and O–H groups in total. The van der Waals surface area contributed by atoms with E-state index in [1.54, 1.807) is 60.7 Å². The Labute approximate surface area is 556 Å². The van der Waals surface area contributed by atoms with E-state index >= 15 is 0 Å². The number of fused-ring (bicyclic) bond motifs is 6. The van der Waals surface area contributed by atoms with E-state index in [9.17, 15) is 21.0 Å². The van der Waals surface area contributed by atoms with Gasteiger partial charge in [0.05, 0.1) is 106 Å². The number of aryl methyl sites for hydroxylation is 1. The average Bonchev–Trinajstić information content (AvgIpc) is 1.59. The Morgan fingerprint density at radius 1 is 0.309 bits per heavy atom. The molecule has 3 aromatic heterocycles. The van der Waals surface area contributed by atoms with E-state index in [2.05, 4.69) is 139 Å². The van der Waals surface area contributed by atoms with Crippen LogP contribution in [0.5, 0.6) is 0 Å². The van der Waals surface area contributed by atoms with Crippen LogP contribution >= 0.6 is 0 Å². The predicted octanol–water partition coefficient (Wildman–Crippen LogP) is 21.4. The molecule has 0 radical (unpaired) electrons. The van der Waals surface area contributed by atoms with Crippen molar-refractivity contribution in [3.05, 3.63) is 316 Å². The molecule has 0 amide bonds. The maximum Gasteiger partial charge on any atom is 0.184 e. The first-order chi connectivity index (χ1) is 47.6. The van der Waals surface area contributed by atoms with E-state index in [1.807, 2.05) is 103 Å². The van der Waals surface area contributed by atoms with Crippen LogP contribution in [-0.4, -0.2) is 24.1 Å². The first-order valence-corrected chi connectivity index (χ1v) is 30.6. The number of hydrogen-bond acceptors (Lipinski definition) is 7. The summed E-state index contributed by atoms with van der Waals surface area (Å²) in [5, 5.41) is 44.0. The van der Waals surface area contributed by atoms with Crippen molar-refractivity contribution in [2.45, 2.75) is 6.92 Å². The minimum absolute atomic E-state index is 0.336. The first-order valence-electron chi connectivity index (χ1n) is 30.6. The van der Waals surface area contributed by atoms with Gasteiger partial charge in [-0.2, -0.15) is 21.0 Å². The molecule has 0 saturated heterocycles. The Kier molecular flexibility index (Phi) is 14.5. The quantitative estimate of drug-likeness (QED) is 0.123. The number of hydrogen-bond donors (Lipinski definition) is 0. The third kappa shape index (κ3) is 10.2. The van der Waals surface area contributed by atoms with Gasteiger partial charge in [-0.15, -0.1) is 0 Å². The molecule has 444 valence electrons. The van der Waals surface area contributed by atoms with Gasteiger partial charge in [-0.25, -0.2) is 34.3 Å². The van der Waals surface area contributed by atoms with Crippen LogP contribution in [0.15, 0.2) is 243 Å². The van der Waals surface area contributed by atoms with E-state index in [0.717, 1.165) is 105 Å². The predicted molar refractivity (Wildman–Crippen MR) is 381 cm³/mol. The fourth-order valence-corrected chi connectivity index (χ4v) is 13.1. The monoisotopic (exact) mass is 1230 g/mol. The van der Waals surface area contributed by atoms with E-state index in [4.69, 9.17) is 41.2 Å². The molecular formula is C84H43N13. The largest absolute Gasteiger partial charge is 0.309 e. The fraction of sp³-hybridized carbons (Fsp3) is 0.0119. The van der Waals surface area contributed by atoms with Crippen molar-refractivity contribution in [2.24, 2.45) is 0 Å². The van der Waals surface area contributed by atoms with E-state index in [-0.39, 0.29) is 0 Å². The Morgan fingerprint density at radius 2 is 0.670 bits per heavy atom. The van der Waals surface area contributed by atoms with Crippen LogP contribution in [-0.2, 0) is 0 Å². The molecule has 15 aromatic rings. The summed E-state index contributed by atoms with van der Waals surface area (Å²) in [6.07, 6.45) is 0. The molecule has 12 aromatic carbocycles. The molecule has 97 heavy (non-hydrogen) atoms. The van der Waals surface area contributed by atoms with Crippen molar-refractivity contribution in [2.75, 3.05) is 0 Å². The molecule has 0 aliphatic carbocycles. The summed E-state index contributed by atoms with van der Waals surface area (Å²) in [5.74, 6) is 1.41. The smallest absolute Gasteiger partial charge is 0.184 e. The molecule has 0 bridgehead atoms. The van der Waals surface area contributed by atoms with Gasteiger partial charge in [0.15, 0.2) is 40.2 Å². The lowest BCUT2D eigenvalue weighted by Crippen LogP contribution is -2.04. The standard InChI is InChI=1S/C84H43N13/c1-50-16-26-68(80(36-50)96-76-32-20-55(64-27-17-51(46-85)37-60(64)48-87)39-70(76)71-40-56(21-33-77(71)96)65-28-18-52(47-86)38-61(65)49-88)69-29-19-59(84-94-82(53-12-8-6-9-13-53)93-83(95-84)54-14-10-7-11-15-54)43-81(69)97-78-34-22-57(66-30-24-62(89-2)44-74(66)91-4)41-72(78)73-42-58(23-35-79(73)97)67-31-25-63(90-3)45-75(67)92-5/h6-45H,1H3. The topological polar surface area (TPSA) is 161 Å². The number of benzene rings is 12. The molecule has 0 aliphatic heterocycles. The van der Waals surface area contributed by atoms with E-state index in [1.165, 1.54) is 0 Å². The van der Waals surface area contributed by atoms with Gasteiger partial charge >= 0.3 is 0 Å². The summed E-state index contributed by atoms with van der Waals surface area (Å²) in [6, 6.07) is 86.4. The zero-order chi connectivity index (χ0) is 66.4. The molecule has 15 rings (SSSR count). The highest BCUT2D eigenvalue weighted by Gasteiger charge is 2.25. The van der Waals surface area contributed by atoms with E-state index in [0.29, 0.717) is 90.3 Å². The van der Waals surface area contributed by atoms with Crippen molar-refractivity contribution >= 4 is 66.4 Å². The first kappa shape index (κ1) is 58.5. The number of nitrogens with zero attached hydrogens (tertiary/aromatic N) is 13. The Hall–Kier alpha value is -14.8. The third-order valence-electron chi connectivity index (χ3n) is 17.7. The van der Waals surface area contributed by atoms with Gasteiger partial charge in [0.25, 0.3) is 0 Å². The molecule has 0 aliphatic rings. The molecule has 0 unspecified atom stereocenters. The Morgan fingerprint density at radius 3 is 1.06 bits per heavy atom. The van der Waals surface area contributed by atoms with Gasteiger partial charge in [-0.05, 0) is 142 Å². The van der Waals surface area contributed by atoms with Crippen molar-refractivity contribution in [1.82, 2.24) is 24.1 Å². The summed E-state index contributed by atoms with van der Waals surface area (Å²) in [5.41, 5.74) is 18.3. The van der Waals surface area contributed by atoms with Gasteiger partial charge < -0.3 is 9.13 Å². The van der Waals surface area contributed by atoms with Crippen LogP contribution in [0, 0.1) is 78.5 Å². The van der Waals surface area contributed by atoms with Crippen LogP contribution in [0.3, 0.4) is 0 Å². The van der Waals surface area contributed by atoms with Crippen LogP contribution < -0.4 is 0 Å². The number of nitriles is 4. The van der Waals surface area contributed by atoms with Gasteiger partial charge in [0.1, 0.15) is 0 Å². The molecule has 3 heterocycles. The second-order valence-corrected chi connectivity index (χ2v) is 23.2. The zero-order valence-electron chi connectivity index (χ0n) is 51.4. The Bertz CT molecular complexity index is 5930. The lowest BCUT2D eigenvalue weighted by atomic mass is 9.95. The van der Waals surface area contributed by atoms with Crippen molar-refractivity contribution in [1.29, 1.82) is 21.0 Å². The molecule has 0 spiro atoms. The average molecular weight is 1230 g/mol. The summed E-state index contributed by atoms with van der Waals surface area (Å²) < 4.78 is 4.50. The van der Waals surface area contributed by atoms with Crippen molar-refractivity contribution < 1.29 is 0 Å². The summed E-state index contributed by atoms with van der Waals surface area (Å²) in [7, 11) is 0. The van der Waals surface area contributed by atoms with Crippen LogP contribution in [0.1, 0.15) is 27.8 Å². The van der Waals surface area contributed by atoms with Crippen LogP contribution in [0.4, 0.5) is 22.7 Å². The minimum atomic E-state index is 0.336. The van der Waals surface area contributed by atoms with Gasteiger partial charge in [-0.3, -0.25) is 0 Å². The molecule has 0 saturated carbocycles. The second kappa shape index (κ2) is 24.1. The maximum atomic E-state index is 10.5. The molecule has 0 atom stereocenters. The van der Waals surface area contributed by atoms with Gasteiger partial charge in [0, 0.05) is 49.4 Å². The lowest BCUT2D eigenvalue weighted by molar-refractivity contribution is 1.07. The summed E-state index contributed by atoms with van der Waals surface area (Å²) in [6.45, 7) is 34.1. The zero-order valence-corrected chi connectivity index (χ0v) is 51.4. The Balaban J connectivity index is 1.04. The normalized spacial score (nSPS) is 10.9. The van der Waals surface area contributed by atoms with Crippen LogP contribution in [0.25, 0.3) is 164 Å². The number of aromatic nitrogens is 5. The third-order valence-corrected chi connectivity index (χ3v) is 17.7. The fourth-order valence-electron chi connectivity index (χ4n) is 13.1.